The van der Waals surface area contributed by atoms with Crippen LogP contribution in [0.15, 0.2) is 115 Å². The number of nitrogens with one attached hydrogen (secondary N) is 2. The van der Waals surface area contributed by atoms with Gasteiger partial charge in [-0.15, -0.1) is 0 Å². The van der Waals surface area contributed by atoms with Gasteiger partial charge in [-0.1, -0.05) is 48.5 Å². The maximum absolute atomic E-state index is 13.3. The number of allylic oxidation sites excluding steroid dienone is 1. The molecule has 2 amide bonds. The van der Waals surface area contributed by atoms with Gasteiger partial charge < -0.3 is 20.3 Å². The fraction of sp³-hybridized carbons (Fsp3) is 0.0882. The van der Waals surface area contributed by atoms with Crippen LogP contribution in [0.2, 0.25) is 0 Å². The number of carbonyl (C=O) groups excluding carboxylic acids is 3. The first kappa shape index (κ1) is 28.6. The lowest BCUT2D eigenvalue weighted by Gasteiger charge is -2.13. The average molecular weight is 546 g/mol. The van der Waals surface area contributed by atoms with E-state index in [4.69, 9.17) is 4.74 Å². The highest BCUT2D eigenvalue weighted by atomic mass is 16.5. The Kier molecular flexibility index (Phi) is 9.46. The Balaban J connectivity index is 1.50. The van der Waals surface area contributed by atoms with Gasteiger partial charge in [0.1, 0.15) is 11.4 Å². The second kappa shape index (κ2) is 13.6. The number of carbonyl (C=O) groups is 3. The van der Waals surface area contributed by atoms with E-state index in [1.807, 2.05) is 73.6 Å². The summed E-state index contributed by atoms with van der Waals surface area (Å²) < 4.78 is 5.32. The summed E-state index contributed by atoms with van der Waals surface area (Å²) in [6, 6.07) is 30.3. The van der Waals surface area contributed by atoms with Crippen LogP contribution in [0.3, 0.4) is 0 Å². The third-order valence-electron chi connectivity index (χ3n) is 6.23. The molecule has 0 unspecified atom stereocenters. The third kappa shape index (κ3) is 7.80. The molecule has 206 valence electrons. The highest BCUT2D eigenvalue weighted by Crippen LogP contribution is 2.20. The highest BCUT2D eigenvalue weighted by Gasteiger charge is 2.15. The van der Waals surface area contributed by atoms with Crippen molar-refractivity contribution >= 4 is 41.1 Å². The van der Waals surface area contributed by atoms with E-state index in [-0.39, 0.29) is 11.5 Å². The number of para-hydroxylation sites is 1. The zero-order valence-electron chi connectivity index (χ0n) is 23.1. The lowest BCUT2D eigenvalue weighted by Crippen LogP contribution is -2.30. The zero-order valence-corrected chi connectivity index (χ0v) is 23.1. The van der Waals surface area contributed by atoms with Gasteiger partial charge >= 0.3 is 0 Å². The van der Waals surface area contributed by atoms with Crippen LogP contribution in [0.5, 0.6) is 5.75 Å². The van der Waals surface area contributed by atoms with E-state index < -0.39 is 11.8 Å². The Labute approximate surface area is 239 Å². The van der Waals surface area contributed by atoms with E-state index in [0.29, 0.717) is 22.6 Å². The van der Waals surface area contributed by atoms with E-state index in [9.17, 15) is 14.4 Å². The first-order valence-electron chi connectivity index (χ1n) is 13.0. The average Bonchev–Trinajstić information content (AvgIpc) is 3.00. The number of nitrogens with zero attached hydrogens (tertiary/aromatic N) is 1. The van der Waals surface area contributed by atoms with Gasteiger partial charge in [-0.3, -0.25) is 14.4 Å². The minimum atomic E-state index is -0.499. The number of amides is 2. The number of hydrogen-bond acceptors (Lipinski definition) is 5. The number of hydrogen-bond donors (Lipinski definition) is 2. The van der Waals surface area contributed by atoms with Gasteiger partial charge in [0.05, 0.1) is 7.11 Å². The van der Waals surface area contributed by atoms with Gasteiger partial charge in [-0.05, 0) is 78.4 Å². The topological polar surface area (TPSA) is 87.7 Å². The molecule has 0 aromatic heterocycles. The van der Waals surface area contributed by atoms with E-state index in [1.54, 1.807) is 67.8 Å². The van der Waals surface area contributed by atoms with E-state index in [1.165, 1.54) is 6.08 Å². The highest BCUT2D eigenvalue weighted by molar-refractivity contribution is 6.11. The van der Waals surface area contributed by atoms with Crippen molar-refractivity contribution in [2.75, 3.05) is 31.4 Å². The van der Waals surface area contributed by atoms with Gasteiger partial charge in [0, 0.05) is 42.2 Å². The first-order chi connectivity index (χ1) is 19.8. The lowest BCUT2D eigenvalue weighted by atomic mass is 10.1. The second-order valence-electron chi connectivity index (χ2n) is 9.34. The van der Waals surface area contributed by atoms with Gasteiger partial charge in [0.15, 0.2) is 5.78 Å². The van der Waals surface area contributed by atoms with Gasteiger partial charge in [-0.2, -0.15) is 0 Å². The number of methoxy groups -OCH3 is 1. The minimum Gasteiger partial charge on any atom is -0.496 e. The van der Waals surface area contributed by atoms with E-state index in [0.717, 1.165) is 16.8 Å². The van der Waals surface area contributed by atoms with Crippen LogP contribution >= 0.6 is 0 Å². The summed E-state index contributed by atoms with van der Waals surface area (Å²) in [6.45, 7) is 0. The Morgan fingerprint density at radius 3 is 2.07 bits per heavy atom. The molecule has 0 aliphatic carbocycles. The third-order valence-corrected chi connectivity index (χ3v) is 6.23. The molecule has 41 heavy (non-hydrogen) atoms. The van der Waals surface area contributed by atoms with Crippen molar-refractivity contribution in [3.8, 4) is 5.75 Å². The Hall–Kier alpha value is -5.43. The van der Waals surface area contributed by atoms with Crippen molar-refractivity contribution in [1.82, 2.24) is 5.32 Å². The smallest absolute Gasteiger partial charge is 0.272 e. The fourth-order valence-electron chi connectivity index (χ4n) is 3.96. The maximum atomic E-state index is 13.3. The molecule has 0 aliphatic rings. The van der Waals surface area contributed by atoms with Crippen LogP contribution in [0.25, 0.3) is 12.2 Å². The summed E-state index contributed by atoms with van der Waals surface area (Å²) in [6.07, 6.45) is 4.80. The molecule has 0 spiro atoms. The molecule has 0 fully saturated rings. The van der Waals surface area contributed by atoms with Gasteiger partial charge in [0.2, 0.25) is 0 Å². The largest absolute Gasteiger partial charge is 0.496 e. The van der Waals surface area contributed by atoms with Crippen molar-refractivity contribution in [2.45, 2.75) is 0 Å². The first-order valence-corrected chi connectivity index (χ1v) is 13.0. The van der Waals surface area contributed by atoms with Crippen LogP contribution in [0, 0.1) is 0 Å². The molecule has 0 aliphatic heterocycles. The fourth-order valence-corrected chi connectivity index (χ4v) is 3.96. The van der Waals surface area contributed by atoms with Crippen molar-refractivity contribution in [2.24, 2.45) is 0 Å². The van der Waals surface area contributed by atoms with Crippen LogP contribution in [-0.2, 0) is 4.79 Å². The predicted molar refractivity (Wildman–Crippen MR) is 164 cm³/mol. The van der Waals surface area contributed by atoms with Crippen LogP contribution in [0.1, 0.15) is 31.8 Å². The van der Waals surface area contributed by atoms with E-state index >= 15 is 0 Å². The molecule has 7 nitrogen and oxygen atoms in total. The molecular weight excluding hydrogens is 514 g/mol. The molecule has 2 N–H and O–H groups in total. The number of ketones is 1. The number of anilines is 2. The molecule has 4 rings (SSSR count). The van der Waals surface area contributed by atoms with Gasteiger partial charge in [0.25, 0.3) is 11.8 Å². The molecular formula is C34H31N3O4. The Morgan fingerprint density at radius 1 is 0.756 bits per heavy atom. The van der Waals surface area contributed by atoms with Crippen LogP contribution < -0.4 is 20.3 Å². The summed E-state index contributed by atoms with van der Waals surface area (Å²) in [7, 11) is 5.47. The van der Waals surface area contributed by atoms with Crippen molar-refractivity contribution in [3.63, 3.8) is 0 Å². The number of ether oxygens (including phenoxy) is 1. The molecule has 4 aromatic rings. The van der Waals surface area contributed by atoms with Crippen molar-refractivity contribution < 1.29 is 19.1 Å². The quantitative estimate of drug-likeness (QED) is 0.187. The molecule has 0 radical (unpaired) electrons. The molecule has 0 saturated carbocycles. The molecule has 4 aromatic carbocycles. The molecule has 0 bridgehead atoms. The SMILES string of the molecule is COc1ccccc1/C=C/C(=O)c1ccc(NC(=O)/C(=C/c2ccc(N(C)C)cc2)NC(=O)c2ccccc2)cc1. The summed E-state index contributed by atoms with van der Waals surface area (Å²) in [4.78, 5) is 40.9. The normalized spacial score (nSPS) is 11.1. The molecule has 7 heteroatoms. The summed E-state index contributed by atoms with van der Waals surface area (Å²) in [5, 5.41) is 5.55. The van der Waals surface area contributed by atoms with Gasteiger partial charge in [-0.25, -0.2) is 0 Å². The standard InChI is InChI=1S/C34H31N3O4/c1-37(2)29-20-13-24(14-21-29)23-30(36-33(39)27-10-5-4-6-11-27)34(40)35-28-18-15-25(16-19-28)31(38)22-17-26-9-7-8-12-32(26)41-3/h4-23H,1-3H3,(H,35,40)(H,36,39)/b22-17+,30-23-. The molecule has 0 atom stereocenters. The summed E-state index contributed by atoms with van der Waals surface area (Å²) in [5.41, 5.74) is 3.99. The number of benzene rings is 4. The molecule has 0 heterocycles. The lowest BCUT2D eigenvalue weighted by molar-refractivity contribution is -0.113. The Morgan fingerprint density at radius 2 is 1.41 bits per heavy atom. The zero-order chi connectivity index (χ0) is 29.2. The van der Waals surface area contributed by atoms with Crippen molar-refractivity contribution in [1.29, 1.82) is 0 Å². The predicted octanol–water partition coefficient (Wildman–Crippen LogP) is 6.07. The molecule has 0 saturated heterocycles. The van der Waals surface area contributed by atoms with Crippen molar-refractivity contribution in [3.05, 3.63) is 137 Å². The summed E-state index contributed by atoms with van der Waals surface area (Å²) in [5.74, 6) is -0.419. The van der Waals surface area contributed by atoms with E-state index in [2.05, 4.69) is 10.6 Å². The minimum absolute atomic E-state index is 0.0800. The Bertz CT molecular complexity index is 1570. The summed E-state index contributed by atoms with van der Waals surface area (Å²) >= 11 is 0. The number of rotatable bonds is 10. The van der Waals surface area contributed by atoms with Crippen LogP contribution in [-0.4, -0.2) is 38.8 Å². The maximum Gasteiger partial charge on any atom is 0.272 e. The second-order valence-corrected chi connectivity index (χ2v) is 9.34. The van der Waals surface area contributed by atoms with Crippen LogP contribution in [0.4, 0.5) is 11.4 Å². The monoisotopic (exact) mass is 545 g/mol.